The molecule has 2 aromatic heterocycles. The van der Waals surface area contributed by atoms with E-state index in [-0.39, 0.29) is 11.5 Å². The number of carbonyl (C=O) groups excluding carboxylic acids is 1. The molecule has 2 heterocycles. The van der Waals surface area contributed by atoms with Crippen LogP contribution in [0.5, 0.6) is 0 Å². The van der Waals surface area contributed by atoms with Gasteiger partial charge in [-0.25, -0.2) is 0 Å². The SMILES string of the molecule is Cc1ccc(/C=C/C(=O)NCc2ccc(Cn3ccccc3=O)cc2)o1. The number of aryl methyl sites for hydroxylation is 1. The summed E-state index contributed by atoms with van der Waals surface area (Å²) in [6, 6.07) is 16.6. The zero-order chi connectivity index (χ0) is 18.4. The number of rotatable bonds is 6. The number of pyridine rings is 1. The topological polar surface area (TPSA) is 64.2 Å². The van der Waals surface area contributed by atoms with Gasteiger partial charge in [0.1, 0.15) is 11.5 Å². The first-order valence-corrected chi connectivity index (χ1v) is 8.36. The number of hydrogen-bond donors (Lipinski definition) is 1. The van der Waals surface area contributed by atoms with Gasteiger partial charge < -0.3 is 14.3 Å². The number of carbonyl (C=O) groups is 1. The van der Waals surface area contributed by atoms with Gasteiger partial charge in [0.15, 0.2) is 0 Å². The summed E-state index contributed by atoms with van der Waals surface area (Å²) in [6.07, 6.45) is 4.86. The number of amides is 1. The fourth-order valence-electron chi connectivity index (χ4n) is 2.50. The Balaban J connectivity index is 1.52. The van der Waals surface area contributed by atoms with E-state index in [0.717, 1.165) is 16.9 Å². The molecule has 0 radical (unpaired) electrons. The third-order valence-electron chi connectivity index (χ3n) is 3.90. The Kier molecular flexibility index (Phi) is 5.49. The molecule has 0 unspecified atom stereocenters. The molecular formula is C21H20N2O3. The molecule has 0 spiro atoms. The molecule has 1 aromatic carbocycles. The van der Waals surface area contributed by atoms with Crippen LogP contribution in [0, 0.1) is 6.92 Å². The van der Waals surface area contributed by atoms with E-state index >= 15 is 0 Å². The number of nitrogens with zero attached hydrogens (tertiary/aromatic N) is 1. The predicted octanol–water partition coefficient (Wildman–Crippen LogP) is 3.13. The lowest BCUT2D eigenvalue weighted by Crippen LogP contribution is -2.20. The van der Waals surface area contributed by atoms with Gasteiger partial charge in [-0.05, 0) is 42.3 Å². The molecule has 0 fully saturated rings. The lowest BCUT2D eigenvalue weighted by molar-refractivity contribution is -0.116. The van der Waals surface area contributed by atoms with Gasteiger partial charge in [-0.3, -0.25) is 9.59 Å². The molecule has 0 aliphatic heterocycles. The highest BCUT2D eigenvalue weighted by Gasteiger charge is 2.01. The quantitative estimate of drug-likeness (QED) is 0.696. The van der Waals surface area contributed by atoms with Crippen LogP contribution in [0.1, 0.15) is 22.6 Å². The van der Waals surface area contributed by atoms with Crippen LogP contribution in [0.3, 0.4) is 0 Å². The van der Waals surface area contributed by atoms with Gasteiger partial charge in [0.2, 0.25) is 5.91 Å². The Labute approximate surface area is 151 Å². The van der Waals surface area contributed by atoms with E-state index in [4.69, 9.17) is 4.42 Å². The van der Waals surface area contributed by atoms with E-state index in [1.807, 2.05) is 49.4 Å². The van der Waals surface area contributed by atoms with Gasteiger partial charge in [-0.2, -0.15) is 0 Å². The molecule has 1 amide bonds. The van der Waals surface area contributed by atoms with Gasteiger partial charge >= 0.3 is 0 Å². The molecule has 0 bridgehead atoms. The third kappa shape index (κ3) is 4.83. The molecular weight excluding hydrogens is 328 g/mol. The van der Waals surface area contributed by atoms with Crippen LogP contribution in [0.2, 0.25) is 0 Å². The molecule has 0 saturated heterocycles. The highest BCUT2D eigenvalue weighted by atomic mass is 16.3. The average molecular weight is 348 g/mol. The smallest absolute Gasteiger partial charge is 0.250 e. The summed E-state index contributed by atoms with van der Waals surface area (Å²) in [5.41, 5.74) is 1.99. The zero-order valence-electron chi connectivity index (χ0n) is 14.5. The average Bonchev–Trinajstić information content (AvgIpc) is 3.07. The summed E-state index contributed by atoms with van der Waals surface area (Å²) in [7, 11) is 0. The second-order valence-corrected chi connectivity index (χ2v) is 5.98. The van der Waals surface area contributed by atoms with Crippen molar-refractivity contribution in [1.29, 1.82) is 0 Å². The number of benzene rings is 1. The van der Waals surface area contributed by atoms with Crippen LogP contribution in [0.25, 0.3) is 6.08 Å². The Hall–Kier alpha value is -3.34. The minimum absolute atomic E-state index is 0.0256. The van der Waals surface area contributed by atoms with E-state index in [1.54, 1.807) is 29.0 Å². The minimum atomic E-state index is -0.182. The van der Waals surface area contributed by atoms with Gasteiger partial charge in [0.25, 0.3) is 5.56 Å². The largest absolute Gasteiger partial charge is 0.462 e. The summed E-state index contributed by atoms with van der Waals surface area (Å²) < 4.78 is 7.03. The Morgan fingerprint density at radius 3 is 2.54 bits per heavy atom. The first-order chi connectivity index (χ1) is 12.6. The fourth-order valence-corrected chi connectivity index (χ4v) is 2.50. The van der Waals surface area contributed by atoms with Crippen molar-refractivity contribution in [2.45, 2.75) is 20.0 Å². The highest BCUT2D eigenvalue weighted by molar-refractivity contribution is 5.91. The number of nitrogens with one attached hydrogen (secondary N) is 1. The third-order valence-corrected chi connectivity index (χ3v) is 3.90. The van der Waals surface area contributed by atoms with E-state index in [2.05, 4.69) is 5.32 Å². The molecule has 0 aliphatic rings. The molecule has 3 aromatic rings. The Bertz CT molecular complexity index is 965. The van der Waals surface area contributed by atoms with Crippen molar-refractivity contribution in [2.75, 3.05) is 0 Å². The van der Waals surface area contributed by atoms with Crippen LogP contribution < -0.4 is 10.9 Å². The second-order valence-electron chi connectivity index (χ2n) is 5.98. The van der Waals surface area contributed by atoms with Crippen molar-refractivity contribution in [1.82, 2.24) is 9.88 Å². The summed E-state index contributed by atoms with van der Waals surface area (Å²) in [5, 5.41) is 2.83. The predicted molar refractivity (Wildman–Crippen MR) is 101 cm³/mol. The van der Waals surface area contributed by atoms with Crippen molar-refractivity contribution < 1.29 is 9.21 Å². The van der Waals surface area contributed by atoms with Crippen molar-refractivity contribution in [2.24, 2.45) is 0 Å². The summed E-state index contributed by atoms with van der Waals surface area (Å²) >= 11 is 0. The lowest BCUT2D eigenvalue weighted by atomic mass is 10.1. The first kappa shape index (κ1) is 17.5. The molecule has 132 valence electrons. The van der Waals surface area contributed by atoms with Crippen molar-refractivity contribution in [3.05, 3.63) is 99.9 Å². The maximum Gasteiger partial charge on any atom is 0.250 e. The summed E-state index contributed by atoms with van der Waals surface area (Å²) in [6.45, 7) is 2.82. The monoisotopic (exact) mass is 348 g/mol. The van der Waals surface area contributed by atoms with Gasteiger partial charge in [0, 0.05) is 24.9 Å². The van der Waals surface area contributed by atoms with Gasteiger partial charge in [-0.15, -0.1) is 0 Å². The van der Waals surface area contributed by atoms with Crippen molar-refractivity contribution in [3.8, 4) is 0 Å². The van der Waals surface area contributed by atoms with E-state index in [9.17, 15) is 9.59 Å². The summed E-state index contributed by atoms with van der Waals surface area (Å²) in [4.78, 5) is 23.6. The normalized spacial score (nSPS) is 11.0. The van der Waals surface area contributed by atoms with E-state index in [0.29, 0.717) is 18.8 Å². The maximum absolute atomic E-state index is 11.9. The standard InChI is InChI=1S/C21H20N2O3/c1-16-5-10-19(26-16)11-12-20(24)22-14-17-6-8-18(9-7-17)15-23-13-3-2-4-21(23)25/h2-13H,14-15H2,1H3,(H,22,24)/b12-11+. The number of aromatic nitrogens is 1. The molecule has 0 saturated carbocycles. The molecule has 1 N–H and O–H groups in total. The van der Waals surface area contributed by atoms with Crippen LogP contribution in [0.4, 0.5) is 0 Å². The first-order valence-electron chi connectivity index (χ1n) is 8.36. The molecule has 0 atom stereocenters. The zero-order valence-corrected chi connectivity index (χ0v) is 14.5. The van der Waals surface area contributed by atoms with E-state index < -0.39 is 0 Å². The van der Waals surface area contributed by atoms with Crippen molar-refractivity contribution in [3.63, 3.8) is 0 Å². The maximum atomic E-state index is 11.9. The highest BCUT2D eigenvalue weighted by Crippen LogP contribution is 2.08. The van der Waals surface area contributed by atoms with Crippen LogP contribution in [-0.4, -0.2) is 10.5 Å². The molecule has 5 nitrogen and oxygen atoms in total. The number of hydrogen-bond acceptors (Lipinski definition) is 3. The molecule has 26 heavy (non-hydrogen) atoms. The fraction of sp³-hybridized carbons (Fsp3) is 0.143. The summed E-state index contributed by atoms with van der Waals surface area (Å²) in [5.74, 6) is 1.28. The second kappa shape index (κ2) is 8.16. The van der Waals surface area contributed by atoms with Crippen LogP contribution in [0.15, 0.2) is 76.1 Å². The van der Waals surface area contributed by atoms with Gasteiger partial charge in [-0.1, -0.05) is 30.3 Å². The molecule has 5 heteroatoms. The van der Waals surface area contributed by atoms with Crippen molar-refractivity contribution >= 4 is 12.0 Å². The van der Waals surface area contributed by atoms with Crippen LogP contribution in [-0.2, 0) is 17.9 Å². The van der Waals surface area contributed by atoms with E-state index in [1.165, 1.54) is 6.08 Å². The van der Waals surface area contributed by atoms with Gasteiger partial charge in [0.05, 0.1) is 6.54 Å². The molecule has 3 rings (SSSR count). The Morgan fingerprint density at radius 1 is 1.08 bits per heavy atom. The minimum Gasteiger partial charge on any atom is -0.462 e. The number of furan rings is 1. The molecule has 0 aliphatic carbocycles. The lowest BCUT2D eigenvalue weighted by Gasteiger charge is -2.07. The van der Waals surface area contributed by atoms with Crippen LogP contribution >= 0.6 is 0 Å². The Morgan fingerprint density at radius 2 is 1.85 bits per heavy atom.